The zero-order valence-corrected chi connectivity index (χ0v) is 17.2. The molecule has 1 N–H and O–H groups in total. The molecule has 0 bridgehead atoms. The number of H-pyrrole nitrogens is 1. The SMILES string of the molecule is C[C@@H]1COCCN1c1cc2c3c(nn(-c4ccn[nH]4)c3n1)CCN(S(C)(=O)=O)C2. The number of ether oxygens (including phenoxy) is 1. The van der Waals surface area contributed by atoms with E-state index in [1.165, 1.54) is 10.6 Å². The van der Waals surface area contributed by atoms with Gasteiger partial charge in [-0.05, 0) is 18.6 Å². The fourth-order valence-corrected chi connectivity index (χ4v) is 4.88. The summed E-state index contributed by atoms with van der Waals surface area (Å²) in [6, 6.07) is 4.03. The Bertz CT molecular complexity index is 1160. The van der Waals surface area contributed by atoms with Crippen molar-refractivity contribution in [2.45, 2.75) is 25.9 Å². The van der Waals surface area contributed by atoms with Crippen molar-refractivity contribution in [3.05, 3.63) is 29.6 Å². The molecule has 2 aliphatic rings. The Morgan fingerprint density at radius 3 is 2.90 bits per heavy atom. The summed E-state index contributed by atoms with van der Waals surface area (Å²) in [5.41, 5.74) is 2.49. The van der Waals surface area contributed by atoms with Crippen LogP contribution in [0.1, 0.15) is 18.2 Å². The Hall–Kier alpha value is -2.50. The predicted molar refractivity (Wildman–Crippen MR) is 108 cm³/mol. The number of aromatic amines is 1. The molecular formula is C18H23N7O3S. The van der Waals surface area contributed by atoms with E-state index in [0.717, 1.165) is 34.8 Å². The van der Waals surface area contributed by atoms with Gasteiger partial charge in [-0.3, -0.25) is 5.10 Å². The van der Waals surface area contributed by atoms with Gasteiger partial charge in [0.25, 0.3) is 0 Å². The summed E-state index contributed by atoms with van der Waals surface area (Å²) in [6.07, 6.45) is 3.46. The topological polar surface area (TPSA) is 109 Å². The van der Waals surface area contributed by atoms with Crippen molar-refractivity contribution in [3.8, 4) is 5.82 Å². The van der Waals surface area contributed by atoms with Crippen LogP contribution < -0.4 is 4.90 Å². The number of aromatic nitrogens is 5. The molecule has 0 unspecified atom stereocenters. The monoisotopic (exact) mass is 417 g/mol. The highest BCUT2D eigenvalue weighted by atomic mass is 32.2. The van der Waals surface area contributed by atoms with Crippen molar-refractivity contribution in [1.29, 1.82) is 0 Å². The maximum Gasteiger partial charge on any atom is 0.211 e. The molecular weight excluding hydrogens is 394 g/mol. The number of nitrogens with zero attached hydrogens (tertiary/aromatic N) is 6. The van der Waals surface area contributed by atoms with Gasteiger partial charge in [0.15, 0.2) is 11.5 Å². The molecule has 0 spiro atoms. The van der Waals surface area contributed by atoms with Crippen molar-refractivity contribution in [2.24, 2.45) is 0 Å². The number of anilines is 1. The van der Waals surface area contributed by atoms with Gasteiger partial charge in [-0.25, -0.2) is 13.4 Å². The highest BCUT2D eigenvalue weighted by Crippen LogP contribution is 2.32. The molecule has 3 aromatic rings. The van der Waals surface area contributed by atoms with Crippen molar-refractivity contribution >= 4 is 26.9 Å². The Labute approximate surface area is 168 Å². The molecule has 10 nitrogen and oxygen atoms in total. The molecule has 5 rings (SSSR count). The Balaban J connectivity index is 1.72. The van der Waals surface area contributed by atoms with Gasteiger partial charge in [-0.15, -0.1) is 0 Å². The summed E-state index contributed by atoms with van der Waals surface area (Å²) < 4.78 is 33.4. The van der Waals surface area contributed by atoms with Gasteiger partial charge in [0.05, 0.1) is 37.4 Å². The maximum atomic E-state index is 12.3. The molecule has 1 atom stereocenters. The van der Waals surface area contributed by atoms with Crippen LogP contribution in [0.2, 0.25) is 0 Å². The largest absolute Gasteiger partial charge is 0.377 e. The normalized spacial score (nSPS) is 20.9. The highest BCUT2D eigenvalue weighted by Gasteiger charge is 2.29. The number of nitrogens with one attached hydrogen (secondary N) is 1. The standard InChI is InChI=1S/C18H23N7O3S/c1-12-11-28-8-7-24(12)16-9-13-10-23(29(2,26)27)6-4-14-17(13)18(20-16)25(22-14)15-3-5-19-21-15/h3,5,9,12H,4,6-8,10-11H2,1-2H3,(H,19,21)/t12-/m1/s1. The lowest BCUT2D eigenvalue weighted by atomic mass is 10.1. The minimum absolute atomic E-state index is 0.181. The van der Waals surface area contributed by atoms with Crippen LogP contribution in [0.15, 0.2) is 18.3 Å². The van der Waals surface area contributed by atoms with Crippen LogP contribution in [0.5, 0.6) is 0 Å². The molecule has 29 heavy (non-hydrogen) atoms. The lowest BCUT2D eigenvalue weighted by molar-refractivity contribution is 0.0985. The van der Waals surface area contributed by atoms with Crippen LogP contribution >= 0.6 is 0 Å². The van der Waals surface area contributed by atoms with Gasteiger partial charge in [-0.1, -0.05) is 0 Å². The van der Waals surface area contributed by atoms with Gasteiger partial charge in [0.1, 0.15) is 5.82 Å². The smallest absolute Gasteiger partial charge is 0.211 e. The summed E-state index contributed by atoms with van der Waals surface area (Å²) >= 11 is 0. The molecule has 3 aromatic heterocycles. The van der Waals surface area contributed by atoms with E-state index < -0.39 is 10.0 Å². The van der Waals surface area contributed by atoms with Crippen LogP contribution in [0.4, 0.5) is 5.82 Å². The Morgan fingerprint density at radius 1 is 1.31 bits per heavy atom. The summed E-state index contributed by atoms with van der Waals surface area (Å²) in [6.45, 7) is 4.82. The van der Waals surface area contributed by atoms with E-state index in [4.69, 9.17) is 14.8 Å². The molecule has 154 valence electrons. The molecule has 0 aliphatic carbocycles. The van der Waals surface area contributed by atoms with Crippen LogP contribution in [0.25, 0.3) is 16.9 Å². The molecule has 11 heteroatoms. The molecule has 5 heterocycles. The minimum atomic E-state index is -3.31. The first-order valence-corrected chi connectivity index (χ1v) is 11.5. The lowest BCUT2D eigenvalue weighted by Gasteiger charge is -2.34. The van der Waals surface area contributed by atoms with E-state index in [1.807, 2.05) is 12.1 Å². The van der Waals surface area contributed by atoms with Crippen LogP contribution in [0.3, 0.4) is 0 Å². The summed E-state index contributed by atoms with van der Waals surface area (Å²) in [5.74, 6) is 1.54. The van der Waals surface area contributed by atoms with E-state index in [9.17, 15) is 8.42 Å². The van der Waals surface area contributed by atoms with E-state index >= 15 is 0 Å². The quantitative estimate of drug-likeness (QED) is 0.668. The van der Waals surface area contributed by atoms with Crippen LogP contribution in [-0.2, 0) is 27.7 Å². The van der Waals surface area contributed by atoms with Gasteiger partial charge in [0.2, 0.25) is 10.0 Å². The van der Waals surface area contributed by atoms with E-state index in [2.05, 4.69) is 22.0 Å². The zero-order chi connectivity index (χ0) is 20.2. The number of hydrogen-bond donors (Lipinski definition) is 1. The number of pyridine rings is 1. The van der Waals surface area contributed by atoms with E-state index in [1.54, 1.807) is 10.9 Å². The average Bonchev–Trinajstić information content (AvgIpc) is 3.27. The molecule has 0 aromatic carbocycles. The van der Waals surface area contributed by atoms with Crippen LogP contribution in [-0.4, -0.2) is 76.3 Å². The molecule has 1 fully saturated rings. The molecule has 2 aliphatic heterocycles. The van der Waals surface area contributed by atoms with Crippen molar-refractivity contribution in [3.63, 3.8) is 0 Å². The second-order valence-electron chi connectivity index (χ2n) is 7.60. The molecule has 0 radical (unpaired) electrons. The number of rotatable bonds is 3. The molecule has 1 saturated heterocycles. The lowest BCUT2D eigenvalue weighted by Crippen LogP contribution is -2.44. The van der Waals surface area contributed by atoms with Crippen molar-refractivity contribution in [1.82, 2.24) is 29.3 Å². The maximum absolute atomic E-state index is 12.3. The molecule has 0 amide bonds. The average molecular weight is 417 g/mol. The first kappa shape index (κ1) is 18.5. The summed E-state index contributed by atoms with van der Waals surface area (Å²) in [4.78, 5) is 7.16. The first-order chi connectivity index (χ1) is 13.9. The Kier molecular flexibility index (Phi) is 4.33. The van der Waals surface area contributed by atoms with Crippen molar-refractivity contribution < 1.29 is 13.2 Å². The van der Waals surface area contributed by atoms with Gasteiger partial charge in [0, 0.05) is 37.5 Å². The van der Waals surface area contributed by atoms with Gasteiger partial charge in [-0.2, -0.15) is 19.2 Å². The Morgan fingerprint density at radius 2 is 2.17 bits per heavy atom. The second kappa shape index (κ2) is 6.78. The third kappa shape index (κ3) is 3.18. The fraction of sp³-hybridized carbons (Fsp3) is 0.500. The number of hydrogen-bond acceptors (Lipinski definition) is 7. The predicted octanol–water partition coefficient (Wildman–Crippen LogP) is 0.686. The van der Waals surface area contributed by atoms with Crippen molar-refractivity contribution in [2.75, 3.05) is 37.5 Å². The van der Waals surface area contributed by atoms with Gasteiger partial charge < -0.3 is 9.64 Å². The van der Waals surface area contributed by atoms with Gasteiger partial charge >= 0.3 is 0 Å². The summed E-state index contributed by atoms with van der Waals surface area (Å²) in [7, 11) is -3.31. The van der Waals surface area contributed by atoms with E-state index in [-0.39, 0.29) is 6.04 Å². The minimum Gasteiger partial charge on any atom is -0.377 e. The highest BCUT2D eigenvalue weighted by molar-refractivity contribution is 7.88. The summed E-state index contributed by atoms with van der Waals surface area (Å²) in [5, 5.41) is 12.7. The second-order valence-corrected chi connectivity index (χ2v) is 9.58. The zero-order valence-electron chi connectivity index (χ0n) is 16.4. The third-order valence-corrected chi connectivity index (χ3v) is 6.82. The third-order valence-electron chi connectivity index (χ3n) is 5.57. The van der Waals surface area contributed by atoms with E-state index in [0.29, 0.717) is 38.4 Å². The fourth-order valence-electron chi connectivity index (χ4n) is 4.09. The first-order valence-electron chi connectivity index (χ1n) is 9.62. The van der Waals surface area contributed by atoms with Crippen LogP contribution in [0, 0.1) is 0 Å². The molecule has 0 saturated carbocycles. The number of sulfonamides is 1. The number of morpholine rings is 1.